The van der Waals surface area contributed by atoms with E-state index < -0.39 is 0 Å². The molecule has 1 fully saturated rings. The fraction of sp³-hybridized carbons (Fsp3) is 0.286. The molecule has 0 atom stereocenters. The minimum atomic E-state index is 0.132. The van der Waals surface area contributed by atoms with E-state index >= 15 is 0 Å². The highest BCUT2D eigenvalue weighted by Crippen LogP contribution is 2.30. The second kappa shape index (κ2) is 4.29. The van der Waals surface area contributed by atoms with Crippen LogP contribution in [-0.4, -0.2) is 15.9 Å². The third-order valence-corrected chi connectivity index (χ3v) is 3.09. The predicted molar refractivity (Wildman–Crippen MR) is 70.1 cm³/mol. The fourth-order valence-electron chi connectivity index (χ4n) is 1.92. The van der Waals surface area contributed by atoms with Crippen LogP contribution in [0.4, 0.5) is 5.69 Å². The molecule has 1 heterocycles. The number of aromatic nitrogens is 2. The zero-order valence-corrected chi connectivity index (χ0v) is 10.2. The maximum absolute atomic E-state index is 11.7. The van der Waals surface area contributed by atoms with Crippen LogP contribution in [0.25, 0.3) is 11.3 Å². The largest absolute Gasteiger partial charge is 0.342 e. The van der Waals surface area contributed by atoms with Crippen LogP contribution in [0.1, 0.15) is 18.7 Å². The van der Waals surface area contributed by atoms with E-state index in [1.807, 2.05) is 31.2 Å². The van der Waals surface area contributed by atoms with Gasteiger partial charge in [-0.25, -0.2) is 4.98 Å². The molecule has 18 heavy (non-hydrogen) atoms. The van der Waals surface area contributed by atoms with Crippen LogP contribution < -0.4 is 5.32 Å². The average molecular weight is 241 g/mol. The zero-order chi connectivity index (χ0) is 12.5. The van der Waals surface area contributed by atoms with E-state index in [0.29, 0.717) is 0 Å². The van der Waals surface area contributed by atoms with Crippen LogP contribution in [0.3, 0.4) is 0 Å². The van der Waals surface area contributed by atoms with E-state index in [1.165, 1.54) is 0 Å². The van der Waals surface area contributed by atoms with Gasteiger partial charge in [-0.15, -0.1) is 0 Å². The third-order valence-electron chi connectivity index (χ3n) is 3.09. The van der Waals surface area contributed by atoms with E-state index in [4.69, 9.17) is 0 Å². The lowest BCUT2D eigenvalue weighted by atomic mass is 10.1. The number of aromatic amines is 1. The second-order valence-corrected chi connectivity index (χ2v) is 4.73. The minimum Gasteiger partial charge on any atom is -0.342 e. The molecule has 2 N–H and O–H groups in total. The number of nitrogens with zero attached hydrogens (tertiary/aromatic N) is 1. The Balaban J connectivity index is 1.82. The first-order valence-electron chi connectivity index (χ1n) is 6.15. The van der Waals surface area contributed by atoms with E-state index in [2.05, 4.69) is 15.3 Å². The summed E-state index contributed by atoms with van der Waals surface area (Å²) in [6, 6.07) is 7.81. The Morgan fingerprint density at radius 1 is 1.44 bits per heavy atom. The molecule has 1 saturated carbocycles. The lowest BCUT2D eigenvalue weighted by Gasteiger charge is -2.05. The molecule has 1 aromatic carbocycles. The molecule has 4 heteroatoms. The lowest BCUT2D eigenvalue weighted by Crippen LogP contribution is -2.13. The van der Waals surface area contributed by atoms with Gasteiger partial charge < -0.3 is 10.3 Å². The number of H-pyrrole nitrogens is 1. The van der Waals surface area contributed by atoms with Crippen molar-refractivity contribution in [3.05, 3.63) is 36.3 Å². The number of aryl methyl sites for hydroxylation is 1. The molecule has 3 rings (SSSR count). The van der Waals surface area contributed by atoms with Gasteiger partial charge in [0.2, 0.25) is 5.91 Å². The van der Waals surface area contributed by atoms with Gasteiger partial charge in [-0.1, -0.05) is 12.1 Å². The van der Waals surface area contributed by atoms with Crippen LogP contribution in [0.15, 0.2) is 30.5 Å². The summed E-state index contributed by atoms with van der Waals surface area (Å²) in [7, 11) is 0. The highest BCUT2D eigenvalue weighted by Gasteiger charge is 2.29. The molecule has 0 unspecified atom stereocenters. The number of benzene rings is 1. The van der Waals surface area contributed by atoms with Crippen molar-refractivity contribution in [2.45, 2.75) is 19.8 Å². The second-order valence-electron chi connectivity index (χ2n) is 4.73. The number of imidazole rings is 1. The van der Waals surface area contributed by atoms with Gasteiger partial charge in [0.05, 0.1) is 11.9 Å². The molecule has 0 saturated heterocycles. The quantitative estimate of drug-likeness (QED) is 0.868. The first kappa shape index (κ1) is 11.0. The standard InChI is InChI=1S/C14H15N3O/c1-9-15-8-13(16-9)11-3-2-4-12(7-11)17-14(18)10-5-6-10/h2-4,7-8,10H,5-6H2,1H3,(H,15,16)(H,17,18). The van der Waals surface area contributed by atoms with Gasteiger partial charge in [0.15, 0.2) is 0 Å². The Labute approximate surface area is 105 Å². The number of nitrogens with one attached hydrogen (secondary N) is 2. The molecule has 2 aromatic rings. The molecular weight excluding hydrogens is 226 g/mol. The van der Waals surface area contributed by atoms with Crippen LogP contribution in [0.2, 0.25) is 0 Å². The van der Waals surface area contributed by atoms with Crippen molar-refractivity contribution in [1.29, 1.82) is 0 Å². The monoisotopic (exact) mass is 241 g/mol. The Kier molecular flexibility index (Phi) is 2.63. The van der Waals surface area contributed by atoms with Gasteiger partial charge in [0.25, 0.3) is 0 Å². The predicted octanol–water partition coefficient (Wildman–Crippen LogP) is 2.73. The molecule has 1 aliphatic rings. The molecule has 1 aromatic heterocycles. The fourth-order valence-corrected chi connectivity index (χ4v) is 1.92. The summed E-state index contributed by atoms with van der Waals surface area (Å²) in [5.41, 5.74) is 2.84. The number of carbonyl (C=O) groups is 1. The van der Waals surface area contributed by atoms with Crippen molar-refractivity contribution in [3.8, 4) is 11.3 Å². The molecule has 0 spiro atoms. The molecule has 4 nitrogen and oxygen atoms in total. The molecule has 0 aliphatic heterocycles. The van der Waals surface area contributed by atoms with Gasteiger partial charge in [0, 0.05) is 17.2 Å². The highest BCUT2D eigenvalue weighted by atomic mass is 16.2. The smallest absolute Gasteiger partial charge is 0.227 e. The van der Waals surface area contributed by atoms with Gasteiger partial charge >= 0.3 is 0 Å². The van der Waals surface area contributed by atoms with Gasteiger partial charge in [-0.05, 0) is 31.9 Å². The Morgan fingerprint density at radius 2 is 2.28 bits per heavy atom. The number of carbonyl (C=O) groups excluding carboxylic acids is 1. The first-order valence-corrected chi connectivity index (χ1v) is 6.15. The molecule has 1 amide bonds. The van der Waals surface area contributed by atoms with Crippen molar-refractivity contribution in [1.82, 2.24) is 9.97 Å². The molecule has 92 valence electrons. The lowest BCUT2D eigenvalue weighted by molar-refractivity contribution is -0.117. The summed E-state index contributed by atoms with van der Waals surface area (Å²) in [6.07, 6.45) is 3.84. The summed E-state index contributed by atoms with van der Waals surface area (Å²) < 4.78 is 0. The van der Waals surface area contributed by atoms with E-state index in [-0.39, 0.29) is 11.8 Å². The summed E-state index contributed by atoms with van der Waals surface area (Å²) in [5, 5.41) is 2.95. The van der Waals surface area contributed by atoms with Crippen LogP contribution in [-0.2, 0) is 4.79 Å². The molecular formula is C14H15N3O. The first-order chi connectivity index (χ1) is 8.72. The van der Waals surface area contributed by atoms with Crippen molar-refractivity contribution in [3.63, 3.8) is 0 Å². The van der Waals surface area contributed by atoms with E-state index in [1.54, 1.807) is 6.20 Å². The molecule has 0 bridgehead atoms. The Morgan fingerprint density at radius 3 is 2.94 bits per heavy atom. The zero-order valence-electron chi connectivity index (χ0n) is 10.2. The van der Waals surface area contributed by atoms with Gasteiger partial charge in [0.1, 0.15) is 5.82 Å². The SMILES string of the molecule is Cc1ncc(-c2cccc(NC(=O)C3CC3)c2)[nH]1. The summed E-state index contributed by atoms with van der Waals surface area (Å²) in [6.45, 7) is 1.92. The maximum Gasteiger partial charge on any atom is 0.227 e. The highest BCUT2D eigenvalue weighted by molar-refractivity contribution is 5.94. The van der Waals surface area contributed by atoms with Crippen LogP contribution >= 0.6 is 0 Å². The normalized spacial score (nSPS) is 14.5. The Bertz CT molecular complexity index is 584. The van der Waals surface area contributed by atoms with Crippen molar-refractivity contribution in [2.24, 2.45) is 5.92 Å². The van der Waals surface area contributed by atoms with Crippen molar-refractivity contribution >= 4 is 11.6 Å². The van der Waals surface area contributed by atoms with Gasteiger partial charge in [-0.2, -0.15) is 0 Å². The third kappa shape index (κ3) is 2.27. The number of anilines is 1. The number of amides is 1. The average Bonchev–Trinajstić information content (AvgIpc) is 3.12. The summed E-state index contributed by atoms with van der Waals surface area (Å²) in [5.74, 6) is 1.24. The van der Waals surface area contributed by atoms with E-state index in [9.17, 15) is 4.79 Å². The topological polar surface area (TPSA) is 57.8 Å². The minimum absolute atomic E-state index is 0.132. The number of hydrogen-bond acceptors (Lipinski definition) is 2. The summed E-state index contributed by atoms with van der Waals surface area (Å²) in [4.78, 5) is 19.1. The molecule has 1 aliphatic carbocycles. The summed E-state index contributed by atoms with van der Waals surface area (Å²) >= 11 is 0. The van der Waals surface area contributed by atoms with Gasteiger partial charge in [-0.3, -0.25) is 4.79 Å². The van der Waals surface area contributed by atoms with Crippen molar-refractivity contribution in [2.75, 3.05) is 5.32 Å². The Hall–Kier alpha value is -2.10. The van der Waals surface area contributed by atoms with Crippen LogP contribution in [0, 0.1) is 12.8 Å². The van der Waals surface area contributed by atoms with Crippen LogP contribution in [0.5, 0.6) is 0 Å². The number of hydrogen-bond donors (Lipinski definition) is 2. The number of rotatable bonds is 3. The maximum atomic E-state index is 11.7. The van der Waals surface area contributed by atoms with E-state index in [0.717, 1.165) is 35.6 Å². The van der Waals surface area contributed by atoms with Crippen molar-refractivity contribution < 1.29 is 4.79 Å². The molecule has 0 radical (unpaired) electrons.